The SMILES string of the molecule is CCN(c1cccc2c1C/C=C\CCc1cc(C)[nH]c(=O)c1CNC2=O)C1CCC(F)(F)CC1. The molecule has 182 valence electrons. The van der Waals surface area contributed by atoms with Gasteiger partial charge in [0.15, 0.2) is 0 Å². The molecule has 1 aliphatic heterocycles. The summed E-state index contributed by atoms with van der Waals surface area (Å²) in [6.07, 6.45) is 6.93. The molecule has 1 aromatic heterocycles. The summed E-state index contributed by atoms with van der Waals surface area (Å²) in [7, 11) is 0. The van der Waals surface area contributed by atoms with Crippen LogP contribution in [0.1, 0.15) is 71.8 Å². The molecule has 5 nitrogen and oxygen atoms in total. The highest BCUT2D eigenvalue weighted by Gasteiger charge is 2.37. The second kappa shape index (κ2) is 10.1. The molecule has 0 atom stereocenters. The number of nitrogens with zero attached hydrogens (tertiary/aromatic N) is 1. The molecule has 2 aliphatic rings. The van der Waals surface area contributed by atoms with Gasteiger partial charge in [-0.15, -0.1) is 0 Å². The summed E-state index contributed by atoms with van der Waals surface area (Å²) < 4.78 is 27.6. The Balaban J connectivity index is 1.67. The van der Waals surface area contributed by atoms with Crippen molar-refractivity contribution in [3.63, 3.8) is 0 Å². The first-order valence-corrected chi connectivity index (χ1v) is 12.2. The van der Waals surface area contributed by atoms with Gasteiger partial charge in [-0.1, -0.05) is 18.2 Å². The first-order chi connectivity index (χ1) is 16.3. The number of benzene rings is 1. The smallest absolute Gasteiger partial charge is 0.253 e. The fraction of sp³-hybridized carbons (Fsp3) is 0.481. The number of aryl methyl sites for hydroxylation is 2. The highest BCUT2D eigenvalue weighted by molar-refractivity contribution is 5.97. The van der Waals surface area contributed by atoms with Crippen LogP contribution in [0.2, 0.25) is 0 Å². The number of pyridine rings is 1. The van der Waals surface area contributed by atoms with Crippen molar-refractivity contribution in [3.05, 3.63) is 74.7 Å². The first kappa shape index (κ1) is 24.2. The number of halogens is 2. The molecular formula is C27H33F2N3O2. The van der Waals surface area contributed by atoms with Crippen LogP contribution in [0, 0.1) is 6.92 Å². The summed E-state index contributed by atoms with van der Waals surface area (Å²) in [5.74, 6) is -2.81. The average Bonchev–Trinajstić information content (AvgIpc) is 2.79. The minimum atomic E-state index is -2.58. The van der Waals surface area contributed by atoms with Crippen LogP contribution in [0.4, 0.5) is 14.5 Å². The van der Waals surface area contributed by atoms with Crippen LogP contribution in [0.25, 0.3) is 0 Å². The predicted octanol–water partition coefficient (Wildman–Crippen LogP) is 5.06. The van der Waals surface area contributed by atoms with Crippen LogP contribution in [0.15, 0.2) is 41.2 Å². The van der Waals surface area contributed by atoms with Gasteiger partial charge in [-0.25, -0.2) is 8.78 Å². The van der Waals surface area contributed by atoms with Crippen LogP contribution in [0.5, 0.6) is 0 Å². The number of allylic oxidation sites excluding steroid dienone is 2. The lowest BCUT2D eigenvalue weighted by molar-refractivity contribution is -0.0380. The van der Waals surface area contributed by atoms with Crippen molar-refractivity contribution in [1.29, 1.82) is 0 Å². The van der Waals surface area contributed by atoms with Gasteiger partial charge < -0.3 is 15.2 Å². The van der Waals surface area contributed by atoms with E-state index in [4.69, 9.17) is 0 Å². The number of aromatic nitrogens is 1. The topological polar surface area (TPSA) is 65.2 Å². The number of nitrogens with one attached hydrogen (secondary N) is 2. The van der Waals surface area contributed by atoms with E-state index >= 15 is 0 Å². The van der Waals surface area contributed by atoms with Crippen molar-refractivity contribution in [3.8, 4) is 0 Å². The van der Waals surface area contributed by atoms with E-state index in [-0.39, 0.29) is 36.9 Å². The van der Waals surface area contributed by atoms with Crippen molar-refractivity contribution in [2.24, 2.45) is 0 Å². The van der Waals surface area contributed by atoms with E-state index in [1.807, 2.05) is 32.0 Å². The molecule has 0 unspecified atom stereocenters. The number of alkyl halides is 2. The van der Waals surface area contributed by atoms with Gasteiger partial charge >= 0.3 is 0 Å². The Morgan fingerprint density at radius 3 is 2.62 bits per heavy atom. The van der Waals surface area contributed by atoms with E-state index in [9.17, 15) is 18.4 Å². The van der Waals surface area contributed by atoms with E-state index in [1.165, 1.54) is 0 Å². The number of hydrogen-bond acceptors (Lipinski definition) is 3. The zero-order valence-corrected chi connectivity index (χ0v) is 19.9. The minimum absolute atomic E-state index is 0.0261. The number of rotatable bonds is 3. The zero-order chi connectivity index (χ0) is 24.3. The molecule has 1 amide bonds. The molecule has 1 aromatic carbocycles. The molecule has 2 N–H and O–H groups in total. The Bertz CT molecular complexity index is 1130. The molecule has 2 aromatic rings. The van der Waals surface area contributed by atoms with Gasteiger partial charge in [0.25, 0.3) is 11.5 Å². The quantitative estimate of drug-likeness (QED) is 0.618. The van der Waals surface area contributed by atoms with Crippen LogP contribution >= 0.6 is 0 Å². The van der Waals surface area contributed by atoms with Crippen LogP contribution in [-0.2, 0) is 19.4 Å². The summed E-state index contributed by atoms with van der Waals surface area (Å²) >= 11 is 0. The molecule has 1 aliphatic carbocycles. The molecule has 0 saturated heterocycles. The van der Waals surface area contributed by atoms with Crippen molar-refractivity contribution in [1.82, 2.24) is 10.3 Å². The molecule has 4 rings (SSSR count). The lowest BCUT2D eigenvalue weighted by atomic mass is 9.89. The van der Waals surface area contributed by atoms with Crippen molar-refractivity contribution < 1.29 is 13.6 Å². The lowest BCUT2D eigenvalue weighted by Crippen LogP contribution is -2.41. The number of anilines is 1. The Morgan fingerprint density at radius 1 is 1.12 bits per heavy atom. The standard InChI is InChI=1S/C27H33F2N3O2/c1-3-32(20-12-14-27(28,29)15-13-20)24-11-7-10-22-21(24)9-6-4-5-8-19-16-18(2)31-26(34)23(19)17-30-25(22)33/h4,6-7,10-11,16,20H,3,5,8-9,12-15,17H2,1-2H3,(H,30,33)(H,31,34)/b6-4-. The van der Waals surface area contributed by atoms with Gasteiger partial charge in [-0.05, 0) is 75.3 Å². The first-order valence-electron chi connectivity index (χ1n) is 12.2. The monoisotopic (exact) mass is 469 g/mol. The molecule has 0 spiro atoms. The molecule has 0 radical (unpaired) electrons. The summed E-state index contributed by atoms with van der Waals surface area (Å²) in [6.45, 7) is 4.73. The number of amides is 1. The van der Waals surface area contributed by atoms with Gasteiger partial charge in [-0.3, -0.25) is 9.59 Å². The van der Waals surface area contributed by atoms with E-state index in [0.29, 0.717) is 36.9 Å². The van der Waals surface area contributed by atoms with Gasteiger partial charge in [0.1, 0.15) is 0 Å². The molecule has 0 bridgehead atoms. The van der Waals surface area contributed by atoms with Gasteiger partial charge in [-0.2, -0.15) is 0 Å². The van der Waals surface area contributed by atoms with Crippen LogP contribution in [0.3, 0.4) is 0 Å². The zero-order valence-electron chi connectivity index (χ0n) is 19.9. The van der Waals surface area contributed by atoms with Crippen LogP contribution in [-0.4, -0.2) is 29.4 Å². The maximum Gasteiger partial charge on any atom is 0.253 e. The van der Waals surface area contributed by atoms with E-state index < -0.39 is 5.92 Å². The highest BCUT2D eigenvalue weighted by Crippen LogP contribution is 2.38. The Kier molecular flexibility index (Phi) is 7.19. The molecule has 34 heavy (non-hydrogen) atoms. The largest absolute Gasteiger partial charge is 0.369 e. The lowest BCUT2D eigenvalue weighted by Gasteiger charge is -2.39. The predicted molar refractivity (Wildman–Crippen MR) is 131 cm³/mol. The average molecular weight is 470 g/mol. The third-order valence-electron chi connectivity index (χ3n) is 7.03. The van der Waals surface area contributed by atoms with Crippen LogP contribution < -0.4 is 15.8 Å². The summed E-state index contributed by atoms with van der Waals surface area (Å²) in [5, 5.41) is 2.95. The Labute approximate surface area is 199 Å². The minimum Gasteiger partial charge on any atom is -0.369 e. The number of carbonyl (C=O) groups is 1. The maximum absolute atomic E-state index is 13.8. The number of aromatic amines is 1. The number of hydrogen-bond donors (Lipinski definition) is 2. The Hall–Kier alpha value is -2.96. The van der Waals surface area contributed by atoms with E-state index in [0.717, 1.165) is 35.3 Å². The number of fused-ring (bicyclic) bond motifs is 2. The number of H-pyrrole nitrogens is 1. The number of carbonyl (C=O) groups excluding carboxylic acids is 1. The molecule has 1 fully saturated rings. The second-order valence-corrected chi connectivity index (χ2v) is 9.36. The van der Waals surface area contributed by atoms with Crippen molar-refractivity contribution >= 4 is 11.6 Å². The van der Waals surface area contributed by atoms with Crippen molar-refractivity contribution in [2.75, 3.05) is 11.4 Å². The third kappa shape index (κ3) is 5.24. The summed E-state index contributed by atoms with van der Waals surface area (Å²) in [4.78, 5) is 30.9. The fourth-order valence-corrected chi connectivity index (χ4v) is 5.26. The second-order valence-electron chi connectivity index (χ2n) is 9.36. The summed E-state index contributed by atoms with van der Waals surface area (Å²) in [5.41, 5.74) is 4.57. The molecular weight excluding hydrogens is 436 g/mol. The molecule has 2 heterocycles. The molecule has 7 heteroatoms. The third-order valence-corrected chi connectivity index (χ3v) is 7.03. The highest BCUT2D eigenvalue weighted by atomic mass is 19.3. The Morgan fingerprint density at radius 2 is 1.88 bits per heavy atom. The fourth-order valence-electron chi connectivity index (χ4n) is 5.26. The van der Waals surface area contributed by atoms with Gasteiger partial charge in [0.2, 0.25) is 5.92 Å². The molecule has 1 saturated carbocycles. The van der Waals surface area contributed by atoms with E-state index in [2.05, 4.69) is 27.4 Å². The van der Waals surface area contributed by atoms with Gasteiger partial charge in [0.05, 0.1) is 0 Å². The van der Waals surface area contributed by atoms with Crippen molar-refractivity contribution in [2.45, 2.75) is 77.3 Å². The summed E-state index contributed by atoms with van der Waals surface area (Å²) in [6, 6.07) is 7.65. The van der Waals surface area contributed by atoms with Gasteiger partial charge in [0, 0.05) is 54.5 Å². The normalized spacial score (nSPS) is 19.7. The maximum atomic E-state index is 13.8. The van der Waals surface area contributed by atoms with E-state index in [1.54, 1.807) is 6.07 Å².